The summed E-state index contributed by atoms with van der Waals surface area (Å²) in [6, 6.07) is 10.0. The van der Waals surface area contributed by atoms with Gasteiger partial charge in [-0.25, -0.2) is 9.78 Å². The zero-order valence-electron chi connectivity index (χ0n) is 13.9. The molecule has 1 atom stereocenters. The van der Waals surface area contributed by atoms with Crippen LogP contribution in [0.5, 0.6) is 0 Å². The van der Waals surface area contributed by atoms with Gasteiger partial charge in [0.1, 0.15) is 5.01 Å². The molecule has 0 spiro atoms. The number of nitrogens with one attached hydrogen (secondary N) is 1. The van der Waals surface area contributed by atoms with Crippen molar-refractivity contribution in [2.75, 3.05) is 19.7 Å². The van der Waals surface area contributed by atoms with Gasteiger partial charge in [-0.15, -0.1) is 11.3 Å². The smallest absolute Gasteiger partial charge is 0.317 e. The molecule has 3 rings (SSSR count). The first-order valence-electron chi connectivity index (χ1n) is 8.28. The molecule has 0 radical (unpaired) electrons. The lowest BCUT2D eigenvalue weighted by Gasteiger charge is -2.33. The van der Waals surface area contributed by atoms with Gasteiger partial charge >= 0.3 is 6.03 Å². The number of nitrogens with zero attached hydrogens (tertiary/aromatic N) is 2. The van der Waals surface area contributed by atoms with Crippen molar-refractivity contribution >= 4 is 17.4 Å². The molecule has 1 aliphatic rings. The summed E-state index contributed by atoms with van der Waals surface area (Å²) in [4.78, 5) is 18.7. The number of hydrogen-bond acceptors (Lipinski definition) is 4. The Morgan fingerprint density at radius 3 is 2.96 bits per heavy atom. The topological polar surface area (TPSA) is 65.5 Å². The maximum Gasteiger partial charge on any atom is 0.317 e. The molecule has 128 valence electrons. The van der Waals surface area contributed by atoms with Gasteiger partial charge in [0.15, 0.2) is 0 Å². The van der Waals surface area contributed by atoms with Gasteiger partial charge in [-0.05, 0) is 19.8 Å². The number of amides is 2. The zero-order chi connectivity index (χ0) is 17.0. The normalized spacial score (nSPS) is 20.3. The summed E-state index contributed by atoms with van der Waals surface area (Å²) < 4.78 is 0. The van der Waals surface area contributed by atoms with E-state index in [1.54, 1.807) is 16.2 Å². The average molecular weight is 345 g/mol. The number of rotatable bonds is 5. The Hall–Kier alpha value is -1.92. The van der Waals surface area contributed by atoms with Crippen molar-refractivity contribution in [1.82, 2.24) is 15.2 Å². The molecule has 0 bridgehead atoms. The number of carbonyl (C=O) groups excluding carboxylic acids is 1. The van der Waals surface area contributed by atoms with Crippen LogP contribution < -0.4 is 5.32 Å². The molecule has 2 amide bonds. The van der Waals surface area contributed by atoms with Gasteiger partial charge in [0.25, 0.3) is 0 Å². The highest BCUT2D eigenvalue weighted by atomic mass is 32.1. The van der Waals surface area contributed by atoms with Gasteiger partial charge in [-0.3, -0.25) is 0 Å². The van der Waals surface area contributed by atoms with E-state index in [1.807, 2.05) is 42.6 Å². The fourth-order valence-corrected chi connectivity index (χ4v) is 3.92. The van der Waals surface area contributed by atoms with Gasteiger partial charge in [-0.2, -0.15) is 0 Å². The number of aliphatic hydroxyl groups is 1. The van der Waals surface area contributed by atoms with E-state index >= 15 is 0 Å². The Bertz CT molecular complexity index is 689. The largest absolute Gasteiger partial charge is 0.394 e. The summed E-state index contributed by atoms with van der Waals surface area (Å²) in [6.07, 6.45) is 2.50. The molecular formula is C18H23N3O2S. The Labute approximate surface area is 146 Å². The van der Waals surface area contributed by atoms with Crippen LogP contribution in [0.15, 0.2) is 35.7 Å². The summed E-state index contributed by atoms with van der Waals surface area (Å²) >= 11 is 1.62. The first-order valence-corrected chi connectivity index (χ1v) is 9.16. The van der Waals surface area contributed by atoms with Gasteiger partial charge < -0.3 is 15.3 Å². The number of likely N-dealkylation sites (tertiary alicyclic amines) is 1. The molecule has 2 N–H and O–H groups in total. The third kappa shape index (κ3) is 3.60. The van der Waals surface area contributed by atoms with Crippen LogP contribution in [0.2, 0.25) is 0 Å². The SMILES string of the molecule is C[C@]1(CO)CCCN1C(=O)NCCc1csc(-c2ccccc2)n1. The van der Waals surface area contributed by atoms with Crippen molar-refractivity contribution in [3.05, 3.63) is 41.4 Å². The molecular weight excluding hydrogens is 322 g/mol. The van der Waals surface area contributed by atoms with Crippen molar-refractivity contribution in [2.45, 2.75) is 31.7 Å². The van der Waals surface area contributed by atoms with Crippen molar-refractivity contribution in [1.29, 1.82) is 0 Å². The predicted molar refractivity (Wildman–Crippen MR) is 96.1 cm³/mol. The number of urea groups is 1. The van der Waals surface area contributed by atoms with Crippen molar-refractivity contribution in [2.24, 2.45) is 0 Å². The minimum absolute atomic E-state index is 0.00689. The third-order valence-corrected chi connectivity index (χ3v) is 5.50. The minimum Gasteiger partial charge on any atom is -0.394 e. The van der Waals surface area contributed by atoms with E-state index in [0.29, 0.717) is 19.5 Å². The molecule has 5 nitrogen and oxygen atoms in total. The second-order valence-electron chi connectivity index (χ2n) is 6.40. The van der Waals surface area contributed by atoms with Gasteiger partial charge in [0.05, 0.1) is 17.8 Å². The van der Waals surface area contributed by atoms with Gasteiger partial charge in [-0.1, -0.05) is 30.3 Å². The fraction of sp³-hybridized carbons (Fsp3) is 0.444. The molecule has 0 saturated carbocycles. The van der Waals surface area contributed by atoms with Gasteiger partial charge in [0, 0.05) is 30.5 Å². The second-order valence-corrected chi connectivity index (χ2v) is 7.26. The number of aliphatic hydroxyl groups excluding tert-OH is 1. The number of carbonyl (C=O) groups is 1. The van der Waals surface area contributed by atoms with E-state index in [9.17, 15) is 9.90 Å². The van der Waals surface area contributed by atoms with E-state index in [4.69, 9.17) is 0 Å². The summed E-state index contributed by atoms with van der Waals surface area (Å²) in [5.41, 5.74) is 1.68. The summed E-state index contributed by atoms with van der Waals surface area (Å²) in [7, 11) is 0. The van der Waals surface area contributed by atoms with E-state index in [2.05, 4.69) is 10.3 Å². The average Bonchev–Trinajstić information content (AvgIpc) is 3.23. The Balaban J connectivity index is 1.52. The highest BCUT2D eigenvalue weighted by Gasteiger charge is 2.38. The van der Waals surface area contributed by atoms with Crippen LogP contribution in [-0.2, 0) is 6.42 Å². The van der Waals surface area contributed by atoms with Crippen molar-refractivity contribution < 1.29 is 9.90 Å². The third-order valence-electron chi connectivity index (χ3n) is 4.56. The predicted octanol–water partition coefficient (Wildman–Crippen LogP) is 2.91. The second kappa shape index (κ2) is 7.32. The van der Waals surface area contributed by atoms with Crippen LogP contribution in [0.4, 0.5) is 4.79 Å². The summed E-state index contributed by atoms with van der Waals surface area (Å²) in [5.74, 6) is 0. The number of aromatic nitrogens is 1. The van der Waals surface area contributed by atoms with E-state index in [-0.39, 0.29) is 12.6 Å². The minimum atomic E-state index is -0.425. The Morgan fingerprint density at radius 1 is 1.42 bits per heavy atom. The number of benzene rings is 1. The van der Waals surface area contributed by atoms with E-state index in [1.165, 1.54) is 0 Å². The zero-order valence-corrected chi connectivity index (χ0v) is 14.7. The van der Waals surface area contributed by atoms with Crippen LogP contribution in [0, 0.1) is 0 Å². The van der Waals surface area contributed by atoms with Crippen LogP contribution in [0.25, 0.3) is 10.6 Å². The standard InChI is InChI=1S/C18H23N3O2S/c1-18(13-22)9-5-11-21(18)17(23)19-10-8-15-12-24-16(20-15)14-6-3-2-4-7-14/h2-4,6-7,12,22H,5,8-11,13H2,1H3,(H,19,23)/t18-/m1/s1. The molecule has 0 aliphatic carbocycles. The van der Waals surface area contributed by atoms with E-state index in [0.717, 1.165) is 29.1 Å². The maximum atomic E-state index is 12.3. The molecule has 6 heteroatoms. The van der Waals surface area contributed by atoms with E-state index < -0.39 is 5.54 Å². The highest BCUT2D eigenvalue weighted by molar-refractivity contribution is 7.13. The number of hydrogen-bond donors (Lipinski definition) is 2. The van der Waals surface area contributed by atoms with Crippen LogP contribution in [0.1, 0.15) is 25.5 Å². The lowest BCUT2D eigenvalue weighted by Crippen LogP contribution is -2.52. The molecule has 0 unspecified atom stereocenters. The molecule has 2 heterocycles. The van der Waals surface area contributed by atoms with Crippen molar-refractivity contribution in [3.63, 3.8) is 0 Å². The molecule has 1 aromatic carbocycles. The lowest BCUT2D eigenvalue weighted by molar-refractivity contribution is 0.0975. The van der Waals surface area contributed by atoms with Crippen LogP contribution in [0.3, 0.4) is 0 Å². The Kier molecular flexibility index (Phi) is 5.16. The summed E-state index contributed by atoms with van der Waals surface area (Å²) in [5, 5.41) is 15.5. The maximum absolute atomic E-state index is 12.3. The fourth-order valence-electron chi connectivity index (χ4n) is 3.06. The van der Waals surface area contributed by atoms with Crippen molar-refractivity contribution in [3.8, 4) is 10.6 Å². The lowest BCUT2D eigenvalue weighted by atomic mass is 10.0. The van der Waals surface area contributed by atoms with Crippen LogP contribution in [-0.4, -0.2) is 46.3 Å². The molecule has 1 aliphatic heterocycles. The molecule has 1 saturated heterocycles. The monoisotopic (exact) mass is 345 g/mol. The quantitative estimate of drug-likeness (QED) is 0.876. The molecule has 1 aromatic heterocycles. The summed E-state index contributed by atoms with van der Waals surface area (Å²) in [6.45, 7) is 3.20. The van der Waals surface area contributed by atoms with Crippen LogP contribution >= 0.6 is 11.3 Å². The number of thiazole rings is 1. The molecule has 24 heavy (non-hydrogen) atoms. The highest BCUT2D eigenvalue weighted by Crippen LogP contribution is 2.28. The molecule has 2 aromatic rings. The van der Waals surface area contributed by atoms with Gasteiger partial charge in [0.2, 0.25) is 0 Å². The first-order chi connectivity index (χ1) is 11.6. The molecule has 1 fully saturated rings. The first kappa shape index (κ1) is 16.9. The Morgan fingerprint density at radius 2 is 2.21 bits per heavy atom.